The molecule has 156 valence electrons. The van der Waals surface area contributed by atoms with Crippen molar-refractivity contribution in [2.45, 2.75) is 31.3 Å². The second-order valence-corrected chi connectivity index (χ2v) is 8.38. The van der Waals surface area contributed by atoms with Crippen molar-refractivity contribution in [1.82, 2.24) is 14.8 Å². The van der Waals surface area contributed by atoms with Crippen molar-refractivity contribution < 1.29 is 9.59 Å². The molecule has 2 fully saturated rings. The first kappa shape index (κ1) is 19.5. The number of carbonyl (C=O) groups excluding carboxylic acids is 2. The highest BCUT2D eigenvalue weighted by Gasteiger charge is 2.42. The Morgan fingerprint density at radius 3 is 2.19 bits per heavy atom. The fourth-order valence-electron chi connectivity index (χ4n) is 4.55. The van der Waals surface area contributed by atoms with E-state index in [4.69, 9.17) is 0 Å². The summed E-state index contributed by atoms with van der Waals surface area (Å²) >= 11 is 0. The standard InChI is InChI=1S/C26H25N3O2/c30-25-26(31)29(23-15-22(16-23)20-7-3-1-4-8-20)14-13-28(25)18-19-11-12-24(27-17-19)21-9-5-2-6-10-21/h1-12,17,22-23H,13-16,18H2. The molecule has 5 heteroatoms. The van der Waals surface area contributed by atoms with Crippen LogP contribution in [-0.2, 0) is 16.1 Å². The third kappa shape index (κ3) is 3.96. The smallest absolute Gasteiger partial charge is 0.312 e. The second-order valence-electron chi connectivity index (χ2n) is 8.38. The van der Waals surface area contributed by atoms with Crippen LogP contribution < -0.4 is 0 Å². The highest BCUT2D eigenvalue weighted by Crippen LogP contribution is 2.40. The largest absolute Gasteiger partial charge is 0.330 e. The first-order chi connectivity index (χ1) is 15.2. The molecule has 5 nitrogen and oxygen atoms in total. The van der Waals surface area contributed by atoms with Crippen LogP contribution in [-0.4, -0.2) is 45.7 Å². The van der Waals surface area contributed by atoms with Crippen molar-refractivity contribution in [3.63, 3.8) is 0 Å². The maximum Gasteiger partial charge on any atom is 0.312 e. The lowest BCUT2D eigenvalue weighted by atomic mass is 9.75. The van der Waals surface area contributed by atoms with Gasteiger partial charge in [-0.25, -0.2) is 0 Å². The van der Waals surface area contributed by atoms with Crippen molar-refractivity contribution in [2.24, 2.45) is 0 Å². The number of rotatable bonds is 5. The fraction of sp³-hybridized carbons (Fsp3) is 0.269. The van der Waals surface area contributed by atoms with Crippen molar-refractivity contribution in [1.29, 1.82) is 0 Å². The molecule has 1 saturated carbocycles. The lowest BCUT2D eigenvalue weighted by molar-refractivity contribution is -0.159. The summed E-state index contributed by atoms with van der Waals surface area (Å²) in [4.78, 5) is 33.5. The van der Waals surface area contributed by atoms with Crippen molar-refractivity contribution >= 4 is 11.8 Å². The number of benzene rings is 2. The SMILES string of the molecule is O=C1C(=O)N(C2CC(c3ccccc3)C2)CCN1Cc1ccc(-c2ccccc2)nc1. The summed E-state index contributed by atoms with van der Waals surface area (Å²) in [5, 5.41) is 0. The van der Waals surface area contributed by atoms with Crippen molar-refractivity contribution in [2.75, 3.05) is 13.1 Å². The minimum Gasteiger partial charge on any atom is -0.330 e. The highest BCUT2D eigenvalue weighted by molar-refractivity contribution is 6.35. The summed E-state index contributed by atoms with van der Waals surface area (Å²) in [6.45, 7) is 1.58. The van der Waals surface area contributed by atoms with Crippen LogP contribution in [0.4, 0.5) is 0 Å². The number of nitrogens with zero attached hydrogens (tertiary/aromatic N) is 3. The first-order valence-electron chi connectivity index (χ1n) is 10.8. The highest BCUT2D eigenvalue weighted by atomic mass is 16.2. The summed E-state index contributed by atoms with van der Waals surface area (Å²) in [6, 6.07) is 24.5. The number of hydrogen-bond acceptors (Lipinski definition) is 3. The molecule has 2 aromatic carbocycles. The molecule has 0 spiro atoms. The molecular formula is C26H25N3O2. The average molecular weight is 412 g/mol. The number of aromatic nitrogens is 1. The number of piperazine rings is 1. The molecule has 0 bridgehead atoms. The number of amides is 2. The third-order valence-electron chi connectivity index (χ3n) is 6.43. The van der Waals surface area contributed by atoms with E-state index in [0.717, 1.165) is 29.7 Å². The summed E-state index contributed by atoms with van der Waals surface area (Å²) < 4.78 is 0. The van der Waals surface area contributed by atoms with E-state index in [0.29, 0.717) is 25.6 Å². The minimum atomic E-state index is -0.401. The van der Waals surface area contributed by atoms with Crippen LogP contribution >= 0.6 is 0 Å². The molecule has 0 unspecified atom stereocenters. The van der Waals surface area contributed by atoms with Gasteiger partial charge in [0.05, 0.1) is 5.69 Å². The molecule has 1 aliphatic heterocycles. The lowest BCUT2D eigenvalue weighted by Crippen LogP contribution is -2.59. The average Bonchev–Trinajstić information content (AvgIpc) is 2.79. The Morgan fingerprint density at radius 1 is 0.806 bits per heavy atom. The first-order valence-corrected chi connectivity index (χ1v) is 10.8. The molecule has 0 radical (unpaired) electrons. The Balaban J connectivity index is 1.18. The van der Waals surface area contributed by atoms with E-state index < -0.39 is 5.91 Å². The number of pyridine rings is 1. The van der Waals surface area contributed by atoms with Gasteiger partial charge in [-0.1, -0.05) is 66.7 Å². The Morgan fingerprint density at radius 2 is 1.52 bits per heavy atom. The molecular weight excluding hydrogens is 386 g/mol. The van der Waals surface area contributed by atoms with Gasteiger partial charge in [-0.15, -0.1) is 0 Å². The molecule has 2 amide bonds. The van der Waals surface area contributed by atoms with Gasteiger partial charge in [0.25, 0.3) is 0 Å². The van der Waals surface area contributed by atoms with Gasteiger partial charge in [0, 0.05) is 37.4 Å². The molecule has 5 rings (SSSR count). The van der Waals surface area contributed by atoms with Gasteiger partial charge in [-0.3, -0.25) is 14.6 Å². The molecule has 2 heterocycles. The predicted octanol–water partition coefficient (Wildman–Crippen LogP) is 3.87. The maximum atomic E-state index is 12.8. The van der Waals surface area contributed by atoms with Crippen LogP contribution in [0.15, 0.2) is 79.0 Å². The number of hydrogen-bond donors (Lipinski definition) is 0. The van der Waals surface area contributed by atoms with Gasteiger partial charge >= 0.3 is 11.8 Å². The van der Waals surface area contributed by atoms with Gasteiger partial charge < -0.3 is 9.80 Å². The molecule has 0 N–H and O–H groups in total. The monoisotopic (exact) mass is 411 g/mol. The van der Waals surface area contributed by atoms with Gasteiger partial charge in [0.1, 0.15) is 0 Å². The molecule has 2 aliphatic rings. The number of carbonyl (C=O) groups is 2. The quantitative estimate of drug-likeness (QED) is 0.599. The minimum absolute atomic E-state index is 0.177. The molecule has 31 heavy (non-hydrogen) atoms. The van der Waals surface area contributed by atoms with Gasteiger partial charge in [0.2, 0.25) is 0 Å². The summed E-state index contributed by atoms with van der Waals surface area (Å²) in [7, 11) is 0. The van der Waals surface area contributed by atoms with E-state index in [1.807, 2.05) is 48.5 Å². The zero-order valence-corrected chi connectivity index (χ0v) is 17.4. The van der Waals surface area contributed by atoms with Crippen molar-refractivity contribution in [3.8, 4) is 11.3 Å². The van der Waals surface area contributed by atoms with Crippen LogP contribution in [0.1, 0.15) is 29.9 Å². The Labute approximate surface area is 182 Å². The van der Waals surface area contributed by atoms with Crippen LogP contribution in [0, 0.1) is 0 Å². The van der Waals surface area contributed by atoms with Crippen LogP contribution in [0.5, 0.6) is 0 Å². The van der Waals surface area contributed by atoms with E-state index in [2.05, 4.69) is 29.2 Å². The van der Waals surface area contributed by atoms with Crippen LogP contribution in [0.3, 0.4) is 0 Å². The lowest BCUT2D eigenvalue weighted by Gasteiger charge is -2.46. The van der Waals surface area contributed by atoms with Gasteiger partial charge in [-0.2, -0.15) is 0 Å². The predicted molar refractivity (Wildman–Crippen MR) is 119 cm³/mol. The Hall–Kier alpha value is -3.47. The van der Waals surface area contributed by atoms with Gasteiger partial charge in [0.15, 0.2) is 0 Å². The van der Waals surface area contributed by atoms with E-state index >= 15 is 0 Å². The molecule has 0 atom stereocenters. The summed E-state index contributed by atoms with van der Waals surface area (Å²) in [6.07, 6.45) is 3.67. The topological polar surface area (TPSA) is 53.5 Å². The molecule has 3 aromatic rings. The van der Waals surface area contributed by atoms with E-state index in [9.17, 15) is 9.59 Å². The van der Waals surface area contributed by atoms with Gasteiger partial charge in [-0.05, 0) is 36.0 Å². The normalized spacial score (nSPS) is 21.2. The van der Waals surface area contributed by atoms with Crippen LogP contribution in [0.2, 0.25) is 0 Å². The zero-order valence-electron chi connectivity index (χ0n) is 17.4. The van der Waals surface area contributed by atoms with Crippen molar-refractivity contribution in [3.05, 3.63) is 90.1 Å². The summed E-state index contributed by atoms with van der Waals surface area (Å²) in [5.41, 5.74) is 4.21. The third-order valence-corrected chi connectivity index (χ3v) is 6.43. The second kappa shape index (κ2) is 8.34. The Kier molecular flexibility index (Phi) is 5.24. The molecule has 1 saturated heterocycles. The molecule has 1 aromatic heterocycles. The fourth-order valence-corrected chi connectivity index (χ4v) is 4.55. The van der Waals surface area contributed by atoms with E-state index in [-0.39, 0.29) is 11.9 Å². The van der Waals surface area contributed by atoms with Crippen LogP contribution in [0.25, 0.3) is 11.3 Å². The molecule has 1 aliphatic carbocycles. The van der Waals surface area contributed by atoms with E-state index in [1.54, 1.807) is 16.0 Å². The maximum absolute atomic E-state index is 12.8. The van der Waals surface area contributed by atoms with E-state index in [1.165, 1.54) is 5.56 Å². The Bertz CT molecular complexity index is 1060. The zero-order chi connectivity index (χ0) is 21.2. The summed E-state index contributed by atoms with van der Waals surface area (Å²) in [5.74, 6) is -0.278.